The van der Waals surface area contributed by atoms with Gasteiger partial charge in [0.05, 0.1) is 19.8 Å². The van der Waals surface area contributed by atoms with E-state index in [4.69, 9.17) is 9.47 Å². The molecule has 2 atom stereocenters. The smallest absolute Gasteiger partial charge is 0.323 e. The number of rotatable bonds is 6. The first-order valence-corrected chi connectivity index (χ1v) is 6.73. The molecule has 0 bridgehead atoms. The Morgan fingerprint density at radius 2 is 2.28 bits per heavy atom. The second kappa shape index (κ2) is 7.71. The maximum Gasteiger partial charge on any atom is 0.323 e. The van der Waals surface area contributed by atoms with E-state index in [-0.39, 0.29) is 24.0 Å². The molecule has 1 heterocycles. The lowest BCUT2D eigenvalue weighted by Gasteiger charge is -2.33. The van der Waals surface area contributed by atoms with E-state index in [2.05, 4.69) is 17.1 Å². The molecule has 1 saturated heterocycles. The van der Waals surface area contributed by atoms with Crippen molar-refractivity contribution in [2.75, 3.05) is 39.9 Å². The largest absolute Gasteiger partial charge is 0.468 e. The van der Waals surface area contributed by atoms with Crippen LogP contribution in [0.15, 0.2) is 0 Å². The Balaban J connectivity index is 2.39. The van der Waals surface area contributed by atoms with Crippen LogP contribution in [-0.2, 0) is 14.3 Å². The zero-order chi connectivity index (χ0) is 13.5. The molecular weight excluding hydrogens is 232 g/mol. The summed E-state index contributed by atoms with van der Waals surface area (Å²) >= 11 is 0. The Bertz CT molecular complexity index is 259. The zero-order valence-corrected chi connectivity index (χ0v) is 11.9. The normalized spacial score (nSPS) is 23.1. The zero-order valence-electron chi connectivity index (χ0n) is 11.9. The number of esters is 1. The van der Waals surface area contributed by atoms with E-state index in [0.29, 0.717) is 6.54 Å². The minimum Gasteiger partial charge on any atom is -0.468 e. The maximum absolute atomic E-state index is 11.6. The van der Waals surface area contributed by atoms with Gasteiger partial charge in [-0.2, -0.15) is 0 Å². The molecule has 2 unspecified atom stereocenters. The van der Waals surface area contributed by atoms with Crippen molar-refractivity contribution in [3.05, 3.63) is 0 Å². The molecule has 5 nitrogen and oxygen atoms in total. The van der Waals surface area contributed by atoms with Crippen molar-refractivity contribution in [3.8, 4) is 0 Å². The second-order valence-electron chi connectivity index (χ2n) is 5.04. The summed E-state index contributed by atoms with van der Waals surface area (Å²) in [7, 11) is 1.43. The van der Waals surface area contributed by atoms with Crippen LogP contribution in [0.5, 0.6) is 0 Å². The molecule has 1 aliphatic rings. The number of morpholine rings is 1. The number of nitrogens with zero attached hydrogens (tertiary/aromatic N) is 1. The summed E-state index contributed by atoms with van der Waals surface area (Å²) in [6.45, 7) is 10.6. The van der Waals surface area contributed by atoms with Crippen molar-refractivity contribution in [1.29, 1.82) is 0 Å². The number of carbonyl (C=O) groups excluding carboxylic acids is 1. The van der Waals surface area contributed by atoms with Gasteiger partial charge < -0.3 is 14.8 Å². The van der Waals surface area contributed by atoms with E-state index < -0.39 is 0 Å². The van der Waals surface area contributed by atoms with Gasteiger partial charge in [0.1, 0.15) is 6.04 Å². The van der Waals surface area contributed by atoms with Crippen LogP contribution >= 0.6 is 0 Å². The molecule has 0 spiro atoms. The molecule has 0 amide bonds. The van der Waals surface area contributed by atoms with Crippen molar-refractivity contribution >= 4 is 5.97 Å². The molecule has 0 radical (unpaired) electrons. The van der Waals surface area contributed by atoms with E-state index in [1.807, 2.05) is 13.8 Å². The summed E-state index contributed by atoms with van der Waals surface area (Å²) < 4.78 is 10.5. The average molecular weight is 258 g/mol. The van der Waals surface area contributed by atoms with Crippen LogP contribution in [0.25, 0.3) is 0 Å². The molecule has 0 saturated carbocycles. The minimum absolute atomic E-state index is 0.157. The van der Waals surface area contributed by atoms with Crippen LogP contribution in [0.2, 0.25) is 0 Å². The summed E-state index contributed by atoms with van der Waals surface area (Å²) in [5.41, 5.74) is 0. The quantitative estimate of drug-likeness (QED) is 0.703. The molecule has 1 aliphatic heterocycles. The van der Waals surface area contributed by atoms with E-state index in [1.54, 1.807) is 0 Å². The first kappa shape index (κ1) is 15.4. The molecule has 106 valence electrons. The lowest BCUT2D eigenvalue weighted by molar-refractivity contribution is -0.144. The highest BCUT2D eigenvalue weighted by atomic mass is 16.5. The molecule has 1 N–H and O–H groups in total. The van der Waals surface area contributed by atoms with Crippen molar-refractivity contribution in [2.24, 2.45) is 5.92 Å². The van der Waals surface area contributed by atoms with Crippen molar-refractivity contribution in [1.82, 2.24) is 10.2 Å². The fraction of sp³-hybridized carbons (Fsp3) is 0.923. The van der Waals surface area contributed by atoms with Gasteiger partial charge in [-0.15, -0.1) is 0 Å². The van der Waals surface area contributed by atoms with Crippen LogP contribution in [0.4, 0.5) is 0 Å². The Kier molecular flexibility index (Phi) is 6.60. The number of methoxy groups -OCH3 is 1. The van der Waals surface area contributed by atoms with Gasteiger partial charge in [0.2, 0.25) is 0 Å². The third-order valence-corrected chi connectivity index (χ3v) is 3.36. The van der Waals surface area contributed by atoms with Crippen molar-refractivity contribution in [2.45, 2.75) is 32.9 Å². The van der Waals surface area contributed by atoms with Crippen LogP contribution in [0, 0.1) is 5.92 Å². The molecule has 0 aromatic rings. The van der Waals surface area contributed by atoms with Crippen LogP contribution in [-0.4, -0.2) is 62.9 Å². The lowest BCUT2D eigenvalue weighted by atomic mass is 10.0. The van der Waals surface area contributed by atoms with E-state index >= 15 is 0 Å². The van der Waals surface area contributed by atoms with Gasteiger partial charge in [-0.05, 0) is 12.5 Å². The summed E-state index contributed by atoms with van der Waals surface area (Å²) in [5, 5.41) is 3.26. The highest BCUT2D eigenvalue weighted by Crippen LogP contribution is 2.07. The van der Waals surface area contributed by atoms with E-state index in [1.165, 1.54) is 7.11 Å². The minimum atomic E-state index is -0.254. The van der Waals surface area contributed by atoms with E-state index in [9.17, 15) is 4.79 Å². The van der Waals surface area contributed by atoms with Gasteiger partial charge >= 0.3 is 5.97 Å². The first-order chi connectivity index (χ1) is 8.58. The van der Waals surface area contributed by atoms with Crippen molar-refractivity contribution in [3.63, 3.8) is 0 Å². The summed E-state index contributed by atoms with van der Waals surface area (Å²) in [6, 6.07) is -0.254. The Labute approximate surface area is 110 Å². The third kappa shape index (κ3) is 4.55. The Morgan fingerprint density at radius 1 is 1.56 bits per heavy atom. The molecule has 0 aliphatic carbocycles. The van der Waals surface area contributed by atoms with Gasteiger partial charge in [-0.1, -0.05) is 20.8 Å². The number of nitrogens with one attached hydrogen (secondary N) is 1. The topological polar surface area (TPSA) is 50.8 Å². The number of hydrogen-bond acceptors (Lipinski definition) is 5. The van der Waals surface area contributed by atoms with Gasteiger partial charge in [0, 0.05) is 19.6 Å². The van der Waals surface area contributed by atoms with Gasteiger partial charge in [-0.25, -0.2) is 0 Å². The highest BCUT2D eigenvalue weighted by Gasteiger charge is 2.25. The molecule has 1 fully saturated rings. The molecule has 0 aromatic heterocycles. The fourth-order valence-corrected chi connectivity index (χ4v) is 2.17. The van der Waals surface area contributed by atoms with Gasteiger partial charge in [-0.3, -0.25) is 9.69 Å². The molecular formula is C13H26N2O3. The average Bonchev–Trinajstić information content (AvgIpc) is 2.38. The third-order valence-electron chi connectivity index (χ3n) is 3.36. The highest BCUT2D eigenvalue weighted by molar-refractivity contribution is 5.75. The predicted octanol–water partition coefficient (Wildman–Crippen LogP) is 0.494. The lowest BCUT2D eigenvalue weighted by Crippen LogP contribution is -2.50. The monoisotopic (exact) mass is 258 g/mol. The standard InChI is InChI=1S/C13H26N2O3/c1-5-15-6-7-18-11(9-15)8-14-12(10(2)3)13(16)17-4/h10-12,14H,5-9H2,1-4H3. The second-order valence-corrected chi connectivity index (χ2v) is 5.04. The SMILES string of the molecule is CCN1CCOC(CNC(C(=O)OC)C(C)C)C1. The van der Waals surface area contributed by atoms with Crippen LogP contribution in [0.1, 0.15) is 20.8 Å². The number of likely N-dealkylation sites (N-methyl/N-ethyl adjacent to an activating group) is 1. The van der Waals surface area contributed by atoms with Crippen LogP contribution < -0.4 is 5.32 Å². The predicted molar refractivity (Wildman–Crippen MR) is 70.5 cm³/mol. The van der Waals surface area contributed by atoms with Crippen molar-refractivity contribution < 1.29 is 14.3 Å². The Hall–Kier alpha value is -0.650. The van der Waals surface area contributed by atoms with Crippen LogP contribution in [0.3, 0.4) is 0 Å². The molecule has 1 rings (SSSR count). The summed E-state index contributed by atoms with van der Waals surface area (Å²) in [4.78, 5) is 14.0. The van der Waals surface area contributed by atoms with Gasteiger partial charge in [0.15, 0.2) is 0 Å². The molecule has 18 heavy (non-hydrogen) atoms. The maximum atomic E-state index is 11.6. The fourth-order valence-electron chi connectivity index (χ4n) is 2.17. The number of ether oxygens (including phenoxy) is 2. The molecule has 0 aromatic carbocycles. The van der Waals surface area contributed by atoms with Gasteiger partial charge in [0.25, 0.3) is 0 Å². The number of carbonyl (C=O) groups is 1. The Morgan fingerprint density at radius 3 is 2.83 bits per heavy atom. The first-order valence-electron chi connectivity index (χ1n) is 6.73. The summed E-state index contributed by atoms with van der Waals surface area (Å²) in [5.74, 6) is 0.0106. The summed E-state index contributed by atoms with van der Waals surface area (Å²) in [6.07, 6.45) is 0.157. The molecule has 5 heteroatoms. The van der Waals surface area contributed by atoms with E-state index in [0.717, 1.165) is 26.2 Å². The number of hydrogen-bond donors (Lipinski definition) is 1.